The second-order valence-corrected chi connectivity index (χ2v) is 6.20. The van der Waals surface area contributed by atoms with Crippen LogP contribution in [0.4, 0.5) is 0 Å². The molecule has 0 aromatic heterocycles. The van der Waals surface area contributed by atoms with Crippen LogP contribution < -0.4 is 0 Å². The molecule has 0 fully saturated rings. The van der Waals surface area contributed by atoms with Crippen molar-refractivity contribution in [2.24, 2.45) is 5.92 Å². The summed E-state index contributed by atoms with van der Waals surface area (Å²) in [6, 6.07) is 0. The van der Waals surface area contributed by atoms with Gasteiger partial charge < -0.3 is 4.90 Å². The Bertz CT molecular complexity index is 297. The van der Waals surface area contributed by atoms with Crippen LogP contribution in [-0.4, -0.2) is 23.8 Å². The fourth-order valence-electron chi connectivity index (χ4n) is 2.85. The van der Waals surface area contributed by atoms with E-state index < -0.39 is 0 Å². The first kappa shape index (κ1) is 17.3. The van der Waals surface area contributed by atoms with Crippen LogP contribution in [0.25, 0.3) is 0 Å². The van der Waals surface area contributed by atoms with Crippen molar-refractivity contribution >= 4 is 5.78 Å². The zero-order valence-corrected chi connectivity index (χ0v) is 13.8. The Morgan fingerprint density at radius 3 is 1.95 bits per heavy atom. The first-order valence-corrected chi connectivity index (χ1v) is 8.70. The van der Waals surface area contributed by atoms with Crippen LogP contribution in [0.2, 0.25) is 0 Å². The summed E-state index contributed by atoms with van der Waals surface area (Å²) in [5, 5.41) is 0. The fraction of sp³-hybridized carbons (Fsp3) is 0.833. The highest BCUT2D eigenvalue weighted by Gasteiger charge is 2.26. The Labute approximate surface area is 125 Å². The number of nitrogens with zero attached hydrogens (tertiary/aromatic N) is 1. The van der Waals surface area contributed by atoms with E-state index in [4.69, 9.17) is 0 Å². The minimum absolute atomic E-state index is 0.207. The summed E-state index contributed by atoms with van der Waals surface area (Å²) in [6.07, 6.45) is 13.3. The first-order valence-electron chi connectivity index (χ1n) is 8.70. The third kappa shape index (κ3) is 5.68. The van der Waals surface area contributed by atoms with Gasteiger partial charge in [-0.3, -0.25) is 4.79 Å². The van der Waals surface area contributed by atoms with Gasteiger partial charge in [0.05, 0.1) is 5.70 Å². The van der Waals surface area contributed by atoms with Crippen LogP contribution in [0, 0.1) is 5.92 Å². The van der Waals surface area contributed by atoms with Gasteiger partial charge in [0, 0.05) is 19.0 Å². The van der Waals surface area contributed by atoms with Gasteiger partial charge in [-0.05, 0) is 19.3 Å². The van der Waals surface area contributed by atoms with Gasteiger partial charge in [0.25, 0.3) is 0 Å². The number of carbonyl (C=O) groups excluding carboxylic acids is 1. The van der Waals surface area contributed by atoms with E-state index >= 15 is 0 Å². The molecule has 0 aromatic carbocycles. The van der Waals surface area contributed by atoms with Gasteiger partial charge >= 0.3 is 0 Å². The van der Waals surface area contributed by atoms with Crippen molar-refractivity contribution in [3.63, 3.8) is 0 Å². The molecule has 1 atom stereocenters. The molecular formula is C18H33NO. The Morgan fingerprint density at radius 2 is 1.55 bits per heavy atom. The molecule has 1 aliphatic rings. The second-order valence-electron chi connectivity index (χ2n) is 6.20. The van der Waals surface area contributed by atoms with Crippen LogP contribution in [0.15, 0.2) is 11.8 Å². The summed E-state index contributed by atoms with van der Waals surface area (Å²) in [5.74, 6) is 0.578. The summed E-state index contributed by atoms with van der Waals surface area (Å²) in [7, 11) is 0. The highest BCUT2D eigenvalue weighted by molar-refractivity contribution is 5.98. The predicted octanol–water partition coefficient (Wildman–Crippen LogP) is 4.94. The molecular weight excluding hydrogens is 246 g/mol. The molecule has 1 unspecified atom stereocenters. The molecule has 1 aliphatic carbocycles. The zero-order chi connectivity index (χ0) is 14.8. The van der Waals surface area contributed by atoms with Crippen molar-refractivity contribution in [2.45, 2.75) is 78.6 Å². The van der Waals surface area contributed by atoms with Gasteiger partial charge in [-0.2, -0.15) is 0 Å². The number of unbranched alkanes of at least 4 members (excludes halogenated alkanes) is 6. The average molecular weight is 279 g/mol. The molecule has 0 N–H and O–H groups in total. The number of ketones is 1. The van der Waals surface area contributed by atoms with Gasteiger partial charge in [0.15, 0.2) is 5.78 Å². The van der Waals surface area contributed by atoms with E-state index in [9.17, 15) is 4.79 Å². The van der Waals surface area contributed by atoms with E-state index in [0.29, 0.717) is 5.78 Å². The molecule has 0 saturated heterocycles. The summed E-state index contributed by atoms with van der Waals surface area (Å²) < 4.78 is 0. The third-order valence-electron chi connectivity index (χ3n) is 4.27. The smallest absolute Gasteiger partial charge is 0.181 e. The number of Topliss-reactive ketones (excluding diaryl/α,β-unsaturated/α-hetero) is 1. The molecule has 1 rings (SSSR count). The van der Waals surface area contributed by atoms with Crippen LogP contribution >= 0.6 is 0 Å². The standard InChI is InChI=1S/C18H33NO/c1-4-6-8-10-14-19(15-11-9-7-5-2)17-13-12-16(3)18(17)20/h13,16H,4-12,14-15H2,1-3H3. The van der Waals surface area contributed by atoms with Gasteiger partial charge in [-0.15, -0.1) is 0 Å². The fourth-order valence-corrected chi connectivity index (χ4v) is 2.85. The average Bonchev–Trinajstić information content (AvgIpc) is 2.78. The Balaban J connectivity index is 2.44. The van der Waals surface area contributed by atoms with Crippen LogP contribution in [0.5, 0.6) is 0 Å². The Kier molecular flexibility index (Phi) is 8.64. The number of hydrogen-bond donors (Lipinski definition) is 0. The topological polar surface area (TPSA) is 20.3 Å². The van der Waals surface area contributed by atoms with E-state index in [0.717, 1.165) is 25.2 Å². The number of hydrogen-bond acceptors (Lipinski definition) is 2. The largest absolute Gasteiger partial charge is 0.369 e. The van der Waals surface area contributed by atoms with Gasteiger partial charge in [-0.1, -0.05) is 65.4 Å². The highest BCUT2D eigenvalue weighted by Crippen LogP contribution is 2.24. The lowest BCUT2D eigenvalue weighted by Crippen LogP contribution is -2.29. The molecule has 0 saturated carbocycles. The van der Waals surface area contributed by atoms with Crippen LogP contribution in [-0.2, 0) is 4.79 Å². The minimum Gasteiger partial charge on any atom is -0.369 e. The van der Waals surface area contributed by atoms with Gasteiger partial charge in [0.2, 0.25) is 0 Å². The summed E-state index contributed by atoms with van der Waals surface area (Å²) in [5.41, 5.74) is 1.02. The molecule has 0 aromatic rings. The van der Waals surface area contributed by atoms with E-state index in [1.807, 2.05) is 0 Å². The van der Waals surface area contributed by atoms with Crippen molar-refractivity contribution in [2.75, 3.05) is 13.1 Å². The maximum absolute atomic E-state index is 12.2. The molecule has 0 spiro atoms. The molecule has 0 radical (unpaired) electrons. The van der Waals surface area contributed by atoms with Crippen molar-refractivity contribution < 1.29 is 4.79 Å². The quantitative estimate of drug-likeness (QED) is 0.499. The summed E-state index contributed by atoms with van der Waals surface area (Å²) in [4.78, 5) is 14.6. The van der Waals surface area contributed by atoms with E-state index in [2.05, 4.69) is 31.7 Å². The Morgan fingerprint density at radius 1 is 1.00 bits per heavy atom. The SMILES string of the molecule is CCCCCCN(CCCCCC)C1=CCC(C)C1=O. The monoisotopic (exact) mass is 279 g/mol. The lowest BCUT2D eigenvalue weighted by molar-refractivity contribution is -0.119. The van der Waals surface area contributed by atoms with E-state index in [1.54, 1.807) is 0 Å². The van der Waals surface area contributed by atoms with Crippen LogP contribution in [0.3, 0.4) is 0 Å². The molecule has 0 heterocycles. The molecule has 0 amide bonds. The van der Waals surface area contributed by atoms with E-state index in [1.165, 1.54) is 51.4 Å². The molecule has 116 valence electrons. The summed E-state index contributed by atoms with van der Waals surface area (Å²) in [6.45, 7) is 8.67. The third-order valence-corrected chi connectivity index (χ3v) is 4.27. The zero-order valence-electron chi connectivity index (χ0n) is 13.8. The second kappa shape index (κ2) is 10.0. The normalized spacial score (nSPS) is 18.4. The number of rotatable bonds is 11. The molecule has 0 aliphatic heterocycles. The van der Waals surface area contributed by atoms with Crippen molar-refractivity contribution in [3.05, 3.63) is 11.8 Å². The minimum atomic E-state index is 0.207. The first-order chi connectivity index (χ1) is 9.70. The maximum atomic E-state index is 12.2. The lowest BCUT2D eigenvalue weighted by Gasteiger charge is -2.25. The van der Waals surface area contributed by atoms with E-state index in [-0.39, 0.29) is 5.92 Å². The number of allylic oxidation sites excluding steroid dienone is 2. The van der Waals surface area contributed by atoms with Crippen molar-refractivity contribution in [3.8, 4) is 0 Å². The predicted molar refractivity (Wildman–Crippen MR) is 86.7 cm³/mol. The van der Waals surface area contributed by atoms with Crippen molar-refractivity contribution in [1.29, 1.82) is 0 Å². The maximum Gasteiger partial charge on any atom is 0.181 e. The molecule has 0 bridgehead atoms. The molecule has 2 heteroatoms. The molecule has 2 nitrogen and oxygen atoms in total. The molecule has 20 heavy (non-hydrogen) atoms. The highest BCUT2D eigenvalue weighted by atomic mass is 16.1. The van der Waals surface area contributed by atoms with Gasteiger partial charge in [0.1, 0.15) is 0 Å². The Hall–Kier alpha value is -0.790. The van der Waals surface area contributed by atoms with Crippen molar-refractivity contribution in [1.82, 2.24) is 4.90 Å². The number of carbonyl (C=O) groups is 1. The lowest BCUT2D eigenvalue weighted by atomic mass is 10.1. The summed E-state index contributed by atoms with van der Waals surface area (Å²) >= 11 is 0. The van der Waals surface area contributed by atoms with Crippen LogP contribution in [0.1, 0.15) is 78.6 Å². The van der Waals surface area contributed by atoms with Gasteiger partial charge in [-0.25, -0.2) is 0 Å².